The minimum atomic E-state index is -0.665. The fourth-order valence-corrected chi connectivity index (χ4v) is 2.31. The van der Waals surface area contributed by atoms with Gasteiger partial charge in [-0.3, -0.25) is 0 Å². The van der Waals surface area contributed by atoms with Crippen LogP contribution in [0.25, 0.3) is 0 Å². The summed E-state index contributed by atoms with van der Waals surface area (Å²) in [5.41, 5.74) is 1.24. The second kappa shape index (κ2) is 10.7. The van der Waals surface area contributed by atoms with E-state index in [0.717, 1.165) is 12.2 Å². The number of aryl methyl sites for hydroxylation is 1. The Morgan fingerprint density at radius 2 is 1.70 bits per heavy atom. The van der Waals surface area contributed by atoms with Crippen LogP contribution in [0.3, 0.4) is 0 Å². The molecular formula is C18H29O2. The summed E-state index contributed by atoms with van der Waals surface area (Å²) in [6.45, 7) is 6.03. The summed E-state index contributed by atoms with van der Waals surface area (Å²) in [4.78, 5) is 0. The van der Waals surface area contributed by atoms with Gasteiger partial charge in [0.15, 0.2) is 0 Å². The summed E-state index contributed by atoms with van der Waals surface area (Å²) in [6, 6.07) is 8.10. The van der Waals surface area contributed by atoms with Crippen molar-refractivity contribution in [2.24, 2.45) is 0 Å². The minimum absolute atomic E-state index is 0.258. The number of hydrogen-bond acceptors (Lipinski definition) is 2. The standard InChI is InChI=1S/C18H29O2/c1-3-4-5-6-7-8-9-12-17-13-10-11-14-18(17)20-15-16(2)19/h10-11,13-14,16,19H,2-9,12,15H2,1H3. The molecule has 0 saturated carbocycles. The second-order valence-electron chi connectivity index (χ2n) is 5.44. The molecular weight excluding hydrogens is 248 g/mol. The molecule has 0 aliphatic rings. The molecule has 2 heteroatoms. The predicted molar refractivity (Wildman–Crippen MR) is 85.0 cm³/mol. The monoisotopic (exact) mass is 277 g/mol. The van der Waals surface area contributed by atoms with Gasteiger partial charge in [0.05, 0.1) is 6.10 Å². The molecule has 1 aromatic carbocycles. The first-order chi connectivity index (χ1) is 9.74. The van der Waals surface area contributed by atoms with E-state index in [4.69, 9.17) is 4.74 Å². The zero-order valence-electron chi connectivity index (χ0n) is 12.8. The Morgan fingerprint density at radius 3 is 2.40 bits per heavy atom. The summed E-state index contributed by atoms with van der Waals surface area (Å²) < 4.78 is 5.60. The molecule has 0 heterocycles. The molecule has 0 saturated heterocycles. The molecule has 0 fully saturated rings. The Hall–Kier alpha value is -1.02. The van der Waals surface area contributed by atoms with E-state index in [-0.39, 0.29) is 6.61 Å². The Bertz CT molecular complexity index is 347. The van der Waals surface area contributed by atoms with Crippen molar-refractivity contribution in [1.82, 2.24) is 0 Å². The number of rotatable bonds is 11. The van der Waals surface area contributed by atoms with E-state index < -0.39 is 6.10 Å². The highest BCUT2D eigenvalue weighted by Gasteiger charge is 2.04. The Kier molecular flexibility index (Phi) is 9.14. The highest BCUT2D eigenvalue weighted by Crippen LogP contribution is 2.21. The maximum Gasteiger partial charge on any atom is 0.122 e. The summed E-state index contributed by atoms with van der Waals surface area (Å²) in [5.74, 6) is 0.890. The van der Waals surface area contributed by atoms with Gasteiger partial charge in [-0.25, -0.2) is 0 Å². The molecule has 1 radical (unpaired) electrons. The lowest BCUT2D eigenvalue weighted by Crippen LogP contribution is -2.13. The third-order valence-electron chi connectivity index (χ3n) is 3.45. The van der Waals surface area contributed by atoms with Crippen LogP contribution in [0.4, 0.5) is 0 Å². The van der Waals surface area contributed by atoms with Gasteiger partial charge in [-0.1, -0.05) is 63.6 Å². The van der Waals surface area contributed by atoms with Crippen LogP contribution < -0.4 is 4.74 Å². The van der Waals surface area contributed by atoms with Gasteiger partial charge >= 0.3 is 0 Å². The highest BCUT2D eigenvalue weighted by molar-refractivity contribution is 5.33. The van der Waals surface area contributed by atoms with Crippen LogP contribution in [0.15, 0.2) is 24.3 Å². The fourth-order valence-electron chi connectivity index (χ4n) is 2.31. The van der Waals surface area contributed by atoms with E-state index in [0.29, 0.717) is 0 Å². The molecule has 0 amide bonds. The minimum Gasteiger partial charge on any atom is -0.491 e. The Morgan fingerprint density at radius 1 is 1.05 bits per heavy atom. The van der Waals surface area contributed by atoms with Gasteiger partial charge in [-0.15, -0.1) is 0 Å². The molecule has 1 rings (SSSR count). The van der Waals surface area contributed by atoms with Crippen molar-refractivity contribution in [1.29, 1.82) is 0 Å². The van der Waals surface area contributed by atoms with Crippen LogP contribution in [0.2, 0.25) is 0 Å². The molecule has 0 aliphatic carbocycles. The SMILES string of the molecule is [CH2]C(O)COc1ccccc1CCCCCCCCC. The number of aliphatic hydroxyl groups is 1. The summed E-state index contributed by atoms with van der Waals surface area (Å²) in [7, 11) is 0. The van der Waals surface area contributed by atoms with E-state index in [1.54, 1.807) is 0 Å². The molecule has 0 spiro atoms. The van der Waals surface area contributed by atoms with Crippen molar-refractivity contribution in [3.63, 3.8) is 0 Å². The van der Waals surface area contributed by atoms with Crippen LogP contribution in [-0.2, 0) is 6.42 Å². The average molecular weight is 277 g/mol. The highest BCUT2D eigenvalue weighted by atomic mass is 16.5. The average Bonchev–Trinajstić information content (AvgIpc) is 2.45. The number of unbranched alkanes of at least 4 members (excludes halogenated alkanes) is 6. The van der Waals surface area contributed by atoms with Crippen molar-refractivity contribution in [3.05, 3.63) is 36.8 Å². The van der Waals surface area contributed by atoms with Crippen molar-refractivity contribution >= 4 is 0 Å². The van der Waals surface area contributed by atoms with Gasteiger partial charge < -0.3 is 9.84 Å². The molecule has 1 atom stereocenters. The van der Waals surface area contributed by atoms with E-state index in [2.05, 4.69) is 19.9 Å². The van der Waals surface area contributed by atoms with Gasteiger partial charge in [0, 0.05) is 0 Å². The van der Waals surface area contributed by atoms with Crippen LogP contribution in [0.5, 0.6) is 5.75 Å². The zero-order chi connectivity index (χ0) is 14.6. The normalized spacial score (nSPS) is 12.3. The third kappa shape index (κ3) is 7.54. The van der Waals surface area contributed by atoms with Crippen molar-refractivity contribution in [3.8, 4) is 5.75 Å². The third-order valence-corrected chi connectivity index (χ3v) is 3.45. The Balaban J connectivity index is 2.25. The van der Waals surface area contributed by atoms with E-state index >= 15 is 0 Å². The smallest absolute Gasteiger partial charge is 0.122 e. The van der Waals surface area contributed by atoms with E-state index in [1.807, 2.05) is 18.2 Å². The maximum absolute atomic E-state index is 9.19. The lowest BCUT2D eigenvalue weighted by atomic mass is 10.0. The van der Waals surface area contributed by atoms with Crippen LogP contribution in [0.1, 0.15) is 57.4 Å². The van der Waals surface area contributed by atoms with E-state index in [1.165, 1.54) is 50.5 Å². The molecule has 1 N–H and O–H groups in total. The van der Waals surface area contributed by atoms with Gasteiger partial charge in [0.25, 0.3) is 0 Å². The lowest BCUT2D eigenvalue weighted by Gasteiger charge is -2.12. The van der Waals surface area contributed by atoms with Crippen molar-refractivity contribution < 1.29 is 9.84 Å². The zero-order valence-corrected chi connectivity index (χ0v) is 12.8. The molecule has 0 aliphatic heterocycles. The summed E-state index contributed by atoms with van der Waals surface area (Å²) in [6.07, 6.45) is 9.62. The number of hydrogen-bond donors (Lipinski definition) is 1. The van der Waals surface area contributed by atoms with Gasteiger partial charge in [-0.2, -0.15) is 0 Å². The first kappa shape index (κ1) is 17.0. The van der Waals surface area contributed by atoms with Gasteiger partial charge in [0.1, 0.15) is 12.4 Å². The van der Waals surface area contributed by atoms with Crippen LogP contribution in [-0.4, -0.2) is 17.8 Å². The maximum atomic E-state index is 9.19. The largest absolute Gasteiger partial charge is 0.491 e. The summed E-state index contributed by atoms with van der Waals surface area (Å²) >= 11 is 0. The van der Waals surface area contributed by atoms with Gasteiger partial charge in [-0.05, 0) is 31.4 Å². The Labute approximate surface area is 124 Å². The van der Waals surface area contributed by atoms with Crippen molar-refractivity contribution in [2.45, 2.75) is 64.4 Å². The number of aliphatic hydroxyl groups excluding tert-OH is 1. The topological polar surface area (TPSA) is 29.5 Å². The fraction of sp³-hybridized carbons (Fsp3) is 0.611. The number of benzene rings is 1. The molecule has 113 valence electrons. The molecule has 0 bridgehead atoms. The van der Waals surface area contributed by atoms with Crippen molar-refractivity contribution in [2.75, 3.05) is 6.61 Å². The van der Waals surface area contributed by atoms with E-state index in [9.17, 15) is 5.11 Å². The molecule has 1 unspecified atom stereocenters. The first-order valence-corrected chi connectivity index (χ1v) is 7.96. The number of para-hydroxylation sites is 1. The van der Waals surface area contributed by atoms with Crippen LogP contribution >= 0.6 is 0 Å². The predicted octanol–water partition coefficient (Wildman–Crippen LogP) is 4.55. The van der Waals surface area contributed by atoms with Gasteiger partial charge in [0.2, 0.25) is 0 Å². The summed E-state index contributed by atoms with van der Waals surface area (Å²) in [5, 5.41) is 9.19. The number of ether oxygens (including phenoxy) is 1. The van der Waals surface area contributed by atoms with Crippen LogP contribution in [0, 0.1) is 6.92 Å². The molecule has 2 nitrogen and oxygen atoms in total. The quantitative estimate of drug-likeness (QED) is 0.601. The second-order valence-corrected chi connectivity index (χ2v) is 5.44. The first-order valence-electron chi connectivity index (χ1n) is 7.96. The molecule has 20 heavy (non-hydrogen) atoms. The molecule has 1 aromatic rings. The lowest BCUT2D eigenvalue weighted by molar-refractivity contribution is 0.142. The molecule has 0 aromatic heterocycles.